The molecule has 1 aromatic heterocycles. The average Bonchev–Trinajstić information content (AvgIpc) is 2.92. The highest BCUT2D eigenvalue weighted by molar-refractivity contribution is 7.16. The predicted octanol–water partition coefficient (Wildman–Crippen LogP) is 5.41. The maximum Gasteiger partial charge on any atom is 0.256 e. The lowest BCUT2D eigenvalue weighted by molar-refractivity contribution is 0.0935. The van der Waals surface area contributed by atoms with E-state index in [0.717, 1.165) is 35.4 Å². The van der Waals surface area contributed by atoms with Crippen molar-refractivity contribution in [2.75, 3.05) is 5.32 Å². The van der Waals surface area contributed by atoms with Gasteiger partial charge in [0.25, 0.3) is 5.91 Å². The van der Waals surface area contributed by atoms with E-state index in [1.807, 2.05) is 24.3 Å². The van der Waals surface area contributed by atoms with Gasteiger partial charge in [0.15, 0.2) is 0 Å². The van der Waals surface area contributed by atoms with E-state index in [0.29, 0.717) is 16.4 Å². The first-order valence-electron chi connectivity index (χ1n) is 8.80. The van der Waals surface area contributed by atoms with Gasteiger partial charge in [0.05, 0.1) is 5.56 Å². The van der Waals surface area contributed by atoms with Gasteiger partial charge in [-0.1, -0.05) is 44.5 Å². The summed E-state index contributed by atoms with van der Waals surface area (Å²) in [6, 6.07) is 7.64. The lowest BCUT2D eigenvalue weighted by Crippen LogP contribution is -2.38. The van der Waals surface area contributed by atoms with Crippen molar-refractivity contribution in [1.82, 2.24) is 5.32 Å². The van der Waals surface area contributed by atoms with Crippen molar-refractivity contribution in [3.05, 3.63) is 50.9 Å². The molecule has 1 aliphatic carbocycles. The molecule has 5 heteroatoms. The fourth-order valence-corrected chi connectivity index (χ4v) is 5.44. The van der Waals surface area contributed by atoms with Crippen molar-refractivity contribution in [3.63, 3.8) is 0 Å². The molecule has 0 saturated carbocycles. The van der Waals surface area contributed by atoms with E-state index in [2.05, 4.69) is 31.4 Å². The van der Waals surface area contributed by atoms with Gasteiger partial charge in [-0.05, 0) is 53.9 Å². The van der Waals surface area contributed by atoms with E-state index in [-0.39, 0.29) is 12.1 Å². The number of carbonyl (C=O) groups is 1. The second-order valence-corrected chi connectivity index (χ2v) is 9.66. The number of carbonyl (C=O) groups excluding carboxylic acids is 1. The van der Waals surface area contributed by atoms with Crippen LogP contribution in [-0.4, -0.2) is 5.91 Å². The molecule has 0 bridgehead atoms. The second kappa shape index (κ2) is 6.03. The number of anilines is 1. The maximum absolute atomic E-state index is 12.8. The van der Waals surface area contributed by atoms with Crippen LogP contribution in [0.5, 0.6) is 0 Å². The summed E-state index contributed by atoms with van der Waals surface area (Å²) in [6.07, 6.45) is 3.01. The number of benzene rings is 1. The van der Waals surface area contributed by atoms with E-state index in [1.165, 1.54) is 10.4 Å². The first-order chi connectivity index (χ1) is 11.8. The molecule has 2 aliphatic rings. The van der Waals surface area contributed by atoms with Crippen LogP contribution in [0.3, 0.4) is 0 Å². The molecular weight excluding hydrogens is 352 g/mol. The monoisotopic (exact) mass is 374 g/mol. The van der Waals surface area contributed by atoms with E-state index in [1.54, 1.807) is 11.3 Å². The van der Waals surface area contributed by atoms with Crippen molar-refractivity contribution in [2.45, 2.75) is 46.2 Å². The molecule has 132 valence electrons. The number of rotatable bonds is 1. The molecule has 0 unspecified atom stereocenters. The smallest absolute Gasteiger partial charge is 0.256 e. The summed E-state index contributed by atoms with van der Waals surface area (Å²) in [6.45, 7) is 6.95. The molecule has 4 rings (SSSR count). The highest BCUT2D eigenvalue weighted by Gasteiger charge is 2.36. The van der Waals surface area contributed by atoms with Crippen molar-refractivity contribution in [1.29, 1.82) is 0 Å². The van der Waals surface area contributed by atoms with Gasteiger partial charge in [0.1, 0.15) is 11.2 Å². The topological polar surface area (TPSA) is 41.1 Å². The average molecular weight is 375 g/mol. The highest BCUT2D eigenvalue weighted by Crippen LogP contribution is 2.46. The summed E-state index contributed by atoms with van der Waals surface area (Å²) in [5.74, 6) is 0.706. The second-order valence-electron chi connectivity index (χ2n) is 8.12. The minimum Gasteiger partial charge on any atom is -0.353 e. The quantitative estimate of drug-likeness (QED) is 0.701. The summed E-state index contributed by atoms with van der Waals surface area (Å²) >= 11 is 7.86. The summed E-state index contributed by atoms with van der Waals surface area (Å²) in [5, 5.41) is 8.29. The standard InChI is InChI=1S/C20H23ClN2OS/c1-20(2,3)12-7-8-14-15(10-12)25-19-16(14)18(24)22-17(23-19)11-5-4-6-13(21)9-11/h4-6,9,12,17,23H,7-8,10H2,1-3H3,(H,22,24)/t12-,17+/m0/s1. The van der Waals surface area contributed by atoms with Crippen LogP contribution in [0.4, 0.5) is 5.00 Å². The first kappa shape index (κ1) is 16.9. The van der Waals surface area contributed by atoms with Crippen LogP contribution >= 0.6 is 22.9 Å². The Hall–Kier alpha value is -1.52. The van der Waals surface area contributed by atoms with Gasteiger partial charge in [-0.2, -0.15) is 0 Å². The number of halogens is 1. The van der Waals surface area contributed by atoms with E-state index in [4.69, 9.17) is 11.6 Å². The van der Waals surface area contributed by atoms with Gasteiger partial charge in [0, 0.05) is 9.90 Å². The lowest BCUT2D eigenvalue weighted by Gasteiger charge is -2.34. The zero-order valence-corrected chi connectivity index (χ0v) is 16.4. The fourth-order valence-electron chi connectivity index (χ4n) is 3.89. The van der Waals surface area contributed by atoms with Gasteiger partial charge in [-0.15, -0.1) is 11.3 Å². The molecule has 3 nitrogen and oxygen atoms in total. The van der Waals surface area contributed by atoms with E-state index in [9.17, 15) is 4.79 Å². The Morgan fingerprint density at radius 3 is 2.76 bits per heavy atom. The molecule has 0 spiro atoms. The van der Waals surface area contributed by atoms with Crippen molar-refractivity contribution < 1.29 is 4.79 Å². The molecule has 2 heterocycles. The normalized spacial score (nSPS) is 22.6. The Bertz CT molecular complexity index is 837. The van der Waals surface area contributed by atoms with Crippen molar-refractivity contribution >= 4 is 33.8 Å². The van der Waals surface area contributed by atoms with Crippen LogP contribution in [0.1, 0.15) is 59.7 Å². The Morgan fingerprint density at radius 1 is 1.24 bits per heavy atom. The Morgan fingerprint density at radius 2 is 2.04 bits per heavy atom. The summed E-state index contributed by atoms with van der Waals surface area (Å²) in [5.41, 5.74) is 3.41. The maximum atomic E-state index is 12.8. The van der Waals surface area contributed by atoms with Gasteiger partial charge in [-0.3, -0.25) is 4.79 Å². The van der Waals surface area contributed by atoms with Crippen LogP contribution in [0.25, 0.3) is 0 Å². The molecule has 1 aromatic carbocycles. The summed E-state index contributed by atoms with van der Waals surface area (Å²) in [4.78, 5) is 14.2. The number of amides is 1. The molecule has 0 fully saturated rings. The van der Waals surface area contributed by atoms with Gasteiger partial charge in [0.2, 0.25) is 0 Å². The predicted molar refractivity (Wildman–Crippen MR) is 105 cm³/mol. The minimum atomic E-state index is -0.225. The van der Waals surface area contributed by atoms with Crippen molar-refractivity contribution in [2.24, 2.45) is 11.3 Å². The van der Waals surface area contributed by atoms with Crippen LogP contribution < -0.4 is 10.6 Å². The van der Waals surface area contributed by atoms with Gasteiger partial charge >= 0.3 is 0 Å². The van der Waals surface area contributed by atoms with Crippen LogP contribution in [0.2, 0.25) is 5.02 Å². The number of hydrogen-bond donors (Lipinski definition) is 2. The van der Waals surface area contributed by atoms with Gasteiger partial charge < -0.3 is 10.6 Å². The number of fused-ring (bicyclic) bond motifs is 3. The molecule has 2 aromatic rings. The molecule has 25 heavy (non-hydrogen) atoms. The third-order valence-electron chi connectivity index (χ3n) is 5.45. The molecule has 2 N–H and O–H groups in total. The molecule has 1 amide bonds. The summed E-state index contributed by atoms with van der Waals surface area (Å²) < 4.78 is 0. The third kappa shape index (κ3) is 3.06. The van der Waals surface area contributed by atoms with E-state index < -0.39 is 0 Å². The Balaban J connectivity index is 1.66. The number of nitrogens with one attached hydrogen (secondary N) is 2. The summed E-state index contributed by atoms with van der Waals surface area (Å²) in [7, 11) is 0. The zero-order valence-electron chi connectivity index (χ0n) is 14.8. The number of hydrogen-bond acceptors (Lipinski definition) is 3. The highest BCUT2D eigenvalue weighted by atomic mass is 35.5. The van der Waals surface area contributed by atoms with Gasteiger partial charge in [-0.25, -0.2) is 0 Å². The molecule has 0 saturated heterocycles. The fraction of sp³-hybridized carbons (Fsp3) is 0.450. The van der Waals surface area contributed by atoms with Crippen molar-refractivity contribution in [3.8, 4) is 0 Å². The molecule has 0 radical (unpaired) electrons. The Kier molecular flexibility index (Phi) is 4.08. The zero-order chi connectivity index (χ0) is 17.8. The Labute approximate surface area is 157 Å². The number of thiophene rings is 1. The van der Waals surface area contributed by atoms with Crippen LogP contribution in [0, 0.1) is 11.3 Å². The van der Waals surface area contributed by atoms with Crippen LogP contribution in [-0.2, 0) is 12.8 Å². The third-order valence-corrected chi connectivity index (χ3v) is 6.87. The first-order valence-corrected chi connectivity index (χ1v) is 10.00. The van der Waals surface area contributed by atoms with Crippen LogP contribution in [0.15, 0.2) is 24.3 Å². The molecule has 2 atom stereocenters. The minimum absolute atomic E-state index is 0.0328. The largest absolute Gasteiger partial charge is 0.353 e. The lowest BCUT2D eigenvalue weighted by atomic mass is 9.72. The molecular formula is C20H23ClN2OS. The molecule has 1 aliphatic heterocycles. The van der Waals surface area contributed by atoms with E-state index >= 15 is 0 Å². The SMILES string of the molecule is CC(C)(C)[C@H]1CCc2c(sc3c2C(=O)N[C@@H](c2cccc(Cl)c2)N3)C1.